The number of hydrogen-bond acceptors (Lipinski definition) is 4. The molecule has 144 valence electrons. The summed E-state index contributed by atoms with van der Waals surface area (Å²) >= 11 is 1.51. The van der Waals surface area contributed by atoms with E-state index in [-0.39, 0.29) is 17.8 Å². The number of thiophene rings is 1. The third kappa shape index (κ3) is 4.54. The van der Waals surface area contributed by atoms with Crippen molar-refractivity contribution in [3.05, 3.63) is 47.1 Å². The molecule has 1 saturated heterocycles. The number of carbonyl (C=O) groups is 2. The van der Waals surface area contributed by atoms with Crippen LogP contribution in [0.2, 0.25) is 0 Å². The van der Waals surface area contributed by atoms with E-state index in [1.165, 1.54) is 23.5 Å². The average Bonchev–Trinajstić information content (AvgIpc) is 3.28. The smallest absolute Gasteiger partial charge is 0.332 e. The van der Waals surface area contributed by atoms with E-state index in [4.69, 9.17) is 9.84 Å². The number of rotatable bonds is 6. The van der Waals surface area contributed by atoms with E-state index < -0.39 is 18.2 Å². The third-order valence-corrected chi connectivity index (χ3v) is 5.69. The van der Waals surface area contributed by atoms with Crippen LogP contribution in [-0.4, -0.2) is 40.1 Å². The first-order chi connectivity index (χ1) is 12.8. The number of aliphatic carboxylic acids is 1. The van der Waals surface area contributed by atoms with Crippen LogP contribution in [0.25, 0.3) is 10.4 Å². The molecule has 5 nitrogen and oxygen atoms in total. The molecule has 0 spiro atoms. The lowest BCUT2D eigenvalue weighted by atomic mass is 10.1. The normalized spacial score (nSPS) is 19.4. The highest BCUT2D eigenvalue weighted by Gasteiger charge is 2.37. The van der Waals surface area contributed by atoms with Crippen molar-refractivity contribution in [2.24, 2.45) is 0 Å². The number of hydrogen-bond donors (Lipinski definition) is 1. The second-order valence-electron chi connectivity index (χ2n) is 6.87. The van der Waals surface area contributed by atoms with Crippen molar-refractivity contribution in [3.63, 3.8) is 0 Å². The second kappa shape index (κ2) is 8.19. The fraction of sp³-hybridized carbons (Fsp3) is 0.400. The van der Waals surface area contributed by atoms with Gasteiger partial charge in [-0.15, -0.1) is 11.3 Å². The highest BCUT2D eigenvalue weighted by atomic mass is 32.1. The van der Waals surface area contributed by atoms with Gasteiger partial charge in [0.05, 0.1) is 6.54 Å². The fourth-order valence-electron chi connectivity index (χ4n) is 3.13. The Morgan fingerprint density at radius 2 is 2.00 bits per heavy atom. The Labute approximate surface area is 161 Å². The minimum Gasteiger partial charge on any atom is -0.479 e. The van der Waals surface area contributed by atoms with Gasteiger partial charge in [-0.1, -0.05) is 12.1 Å². The molecule has 27 heavy (non-hydrogen) atoms. The maximum absolute atomic E-state index is 13.4. The second-order valence-corrected chi connectivity index (χ2v) is 8.03. The molecule has 1 aliphatic rings. The summed E-state index contributed by atoms with van der Waals surface area (Å²) in [6, 6.07) is 10.2. The summed E-state index contributed by atoms with van der Waals surface area (Å²) in [5.74, 6) is -1.50. The molecule has 0 unspecified atom stereocenters. The maximum Gasteiger partial charge on any atom is 0.332 e. The number of carbonyl (C=O) groups excluding carboxylic acids is 1. The Balaban J connectivity index is 1.72. The van der Waals surface area contributed by atoms with Crippen molar-refractivity contribution in [1.29, 1.82) is 0 Å². The first kappa shape index (κ1) is 19.5. The lowest BCUT2D eigenvalue weighted by Gasteiger charge is -2.28. The Morgan fingerprint density at radius 3 is 2.63 bits per heavy atom. The Morgan fingerprint density at radius 1 is 1.26 bits per heavy atom. The van der Waals surface area contributed by atoms with Crippen molar-refractivity contribution in [2.45, 2.75) is 51.5 Å². The van der Waals surface area contributed by atoms with Gasteiger partial charge in [0.2, 0.25) is 0 Å². The molecule has 0 radical (unpaired) electrons. The third-order valence-electron chi connectivity index (χ3n) is 4.57. The van der Waals surface area contributed by atoms with Crippen molar-refractivity contribution >= 4 is 23.2 Å². The maximum atomic E-state index is 13.4. The number of benzene rings is 1. The van der Waals surface area contributed by atoms with Gasteiger partial charge in [0.15, 0.2) is 6.10 Å². The minimum absolute atomic E-state index is 0.0512. The van der Waals surface area contributed by atoms with Gasteiger partial charge in [0.1, 0.15) is 11.9 Å². The Kier molecular flexibility index (Phi) is 5.92. The van der Waals surface area contributed by atoms with Gasteiger partial charge in [0.25, 0.3) is 5.91 Å². The van der Waals surface area contributed by atoms with Gasteiger partial charge in [-0.2, -0.15) is 0 Å². The van der Waals surface area contributed by atoms with Crippen LogP contribution in [0, 0.1) is 5.82 Å². The molecule has 3 rings (SSSR count). The lowest BCUT2D eigenvalue weighted by molar-refractivity contribution is -0.155. The van der Waals surface area contributed by atoms with Crippen molar-refractivity contribution in [1.82, 2.24) is 4.90 Å². The molecule has 2 aromatic rings. The largest absolute Gasteiger partial charge is 0.479 e. The average molecular weight is 391 g/mol. The van der Waals surface area contributed by atoms with E-state index in [9.17, 15) is 14.0 Å². The summed E-state index contributed by atoms with van der Waals surface area (Å²) in [5, 5.41) is 9.05. The van der Waals surface area contributed by atoms with E-state index >= 15 is 0 Å². The molecule has 1 aliphatic heterocycles. The van der Waals surface area contributed by atoms with Gasteiger partial charge >= 0.3 is 5.97 Å². The van der Waals surface area contributed by atoms with Crippen LogP contribution < -0.4 is 0 Å². The number of amides is 1. The SMILES string of the molecule is CC(C)N(Cc1ccc(-c2cccc(F)c2)s1)C(=O)[C@@H]1CC[C@H](C(=O)O)O1. The van der Waals surface area contributed by atoms with Gasteiger partial charge in [-0.25, -0.2) is 9.18 Å². The molecule has 2 heterocycles. The number of nitrogens with zero attached hydrogens (tertiary/aromatic N) is 1. The zero-order chi connectivity index (χ0) is 19.6. The first-order valence-electron chi connectivity index (χ1n) is 8.88. The van der Waals surface area contributed by atoms with Crippen molar-refractivity contribution in [3.8, 4) is 10.4 Å². The van der Waals surface area contributed by atoms with Crippen LogP contribution in [0.3, 0.4) is 0 Å². The molecular weight excluding hydrogens is 369 g/mol. The molecule has 1 amide bonds. The number of halogens is 1. The molecule has 1 N–H and O–H groups in total. The topological polar surface area (TPSA) is 66.8 Å². The molecule has 1 aromatic carbocycles. The quantitative estimate of drug-likeness (QED) is 0.810. The zero-order valence-corrected chi connectivity index (χ0v) is 16.0. The standard InChI is InChI=1S/C20H22FNO4S/c1-12(2)22(19(23)16-7-8-17(26-16)20(24)25)11-15-6-9-18(27-15)13-4-3-5-14(21)10-13/h3-6,9-10,12,16-17H,7-8,11H2,1-2H3,(H,24,25)/t16-,17+/m0/s1. The number of carboxylic acid groups (broad SMARTS) is 1. The molecule has 7 heteroatoms. The Bertz CT molecular complexity index is 835. The molecule has 0 aliphatic carbocycles. The van der Waals surface area contributed by atoms with Crippen LogP contribution in [-0.2, 0) is 20.9 Å². The summed E-state index contributed by atoms with van der Waals surface area (Å²) in [4.78, 5) is 27.5. The van der Waals surface area contributed by atoms with Gasteiger partial charge in [0, 0.05) is 15.8 Å². The van der Waals surface area contributed by atoms with Gasteiger partial charge in [-0.3, -0.25) is 4.79 Å². The summed E-state index contributed by atoms with van der Waals surface area (Å²) in [6.07, 6.45) is -0.858. The first-order valence-corrected chi connectivity index (χ1v) is 9.70. The number of carboxylic acids is 1. The predicted molar refractivity (Wildman–Crippen MR) is 101 cm³/mol. The van der Waals surface area contributed by atoms with Crippen LogP contribution in [0.5, 0.6) is 0 Å². The van der Waals surface area contributed by atoms with Gasteiger partial charge < -0.3 is 14.7 Å². The van der Waals surface area contributed by atoms with Crippen LogP contribution in [0.15, 0.2) is 36.4 Å². The van der Waals surface area contributed by atoms with E-state index in [1.54, 1.807) is 11.0 Å². The zero-order valence-electron chi connectivity index (χ0n) is 15.2. The van der Waals surface area contributed by atoms with E-state index in [2.05, 4.69) is 0 Å². The molecule has 2 atom stereocenters. The lowest BCUT2D eigenvalue weighted by Crippen LogP contribution is -2.43. The van der Waals surface area contributed by atoms with Gasteiger partial charge in [-0.05, 0) is 56.5 Å². The van der Waals surface area contributed by atoms with Crippen molar-refractivity contribution in [2.75, 3.05) is 0 Å². The molecular formula is C20H22FNO4S. The minimum atomic E-state index is -1.03. The van der Waals surface area contributed by atoms with Crippen LogP contribution in [0.4, 0.5) is 4.39 Å². The number of ether oxygens (including phenoxy) is 1. The molecule has 1 aromatic heterocycles. The summed E-state index contributed by atoms with van der Waals surface area (Å²) in [5.41, 5.74) is 0.803. The summed E-state index contributed by atoms with van der Waals surface area (Å²) < 4.78 is 18.9. The van der Waals surface area contributed by atoms with Crippen LogP contribution in [0.1, 0.15) is 31.6 Å². The van der Waals surface area contributed by atoms with E-state index in [0.29, 0.717) is 19.4 Å². The Hall–Kier alpha value is -2.25. The van der Waals surface area contributed by atoms with E-state index in [0.717, 1.165) is 15.3 Å². The van der Waals surface area contributed by atoms with E-state index in [1.807, 2.05) is 32.0 Å². The fourth-order valence-corrected chi connectivity index (χ4v) is 4.13. The highest BCUT2D eigenvalue weighted by Crippen LogP contribution is 2.30. The molecule has 0 saturated carbocycles. The highest BCUT2D eigenvalue weighted by molar-refractivity contribution is 7.15. The monoisotopic (exact) mass is 391 g/mol. The van der Waals surface area contributed by atoms with Crippen LogP contribution >= 0.6 is 11.3 Å². The molecule has 0 bridgehead atoms. The molecule has 1 fully saturated rings. The summed E-state index contributed by atoms with van der Waals surface area (Å²) in [6.45, 7) is 4.25. The summed E-state index contributed by atoms with van der Waals surface area (Å²) in [7, 11) is 0. The van der Waals surface area contributed by atoms with Crippen molar-refractivity contribution < 1.29 is 23.8 Å². The predicted octanol–water partition coefficient (Wildman–Crippen LogP) is 3.92.